The highest BCUT2D eigenvalue weighted by molar-refractivity contribution is 7.47. The number of rotatable bonds is 3. The molecule has 1 aliphatic rings. The SMILES string of the molecule is O=P1(O)OCCCCCCCC(C(F)(F)C(F)(F)CF)O1. The third-order valence-electron chi connectivity index (χ3n) is 3.19. The molecule has 2 unspecified atom stereocenters. The summed E-state index contributed by atoms with van der Waals surface area (Å²) in [5, 5.41) is 0. The molecule has 1 aliphatic heterocycles. The van der Waals surface area contributed by atoms with E-state index in [1.807, 2.05) is 0 Å². The second kappa shape index (κ2) is 7.35. The molecule has 0 aromatic carbocycles. The third-order valence-corrected chi connectivity index (χ3v) is 4.22. The van der Waals surface area contributed by atoms with Crippen LogP contribution in [0.4, 0.5) is 22.0 Å². The molecule has 1 heterocycles. The summed E-state index contributed by atoms with van der Waals surface area (Å²) in [6.45, 7) is -2.79. The predicted molar refractivity (Wildman–Crippen MR) is 64.2 cm³/mol. The molecular weight excluding hydrogens is 322 g/mol. The van der Waals surface area contributed by atoms with Crippen LogP contribution in [0.15, 0.2) is 0 Å². The van der Waals surface area contributed by atoms with Gasteiger partial charge in [-0.2, -0.15) is 17.6 Å². The normalized spacial score (nSPS) is 30.7. The van der Waals surface area contributed by atoms with Crippen molar-refractivity contribution >= 4 is 7.82 Å². The summed E-state index contributed by atoms with van der Waals surface area (Å²) in [5.41, 5.74) is 0. The fourth-order valence-corrected chi connectivity index (χ4v) is 2.94. The minimum absolute atomic E-state index is 0.0998. The summed E-state index contributed by atoms with van der Waals surface area (Å²) < 4.78 is 85.8. The Morgan fingerprint density at radius 2 is 1.67 bits per heavy atom. The predicted octanol–water partition coefficient (Wildman–Crippen LogP) is 4.08. The van der Waals surface area contributed by atoms with Gasteiger partial charge in [-0.1, -0.05) is 25.7 Å². The Kier molecular flexibility index (Phi) is 6.58. The number of phosphoric acid groups is 1. The molecular formula is C11H18F5O4P. The highest BCUT2D eigenvalue weighted by Crippen LogP contribution is 2.51. The van der Waals surface area contributed by atoms with E-state index in [4.69, 9.17) is 0 Å². The van der Waals surface area contributed by atoms with Crippen molar-refractivity contribution in [3.8, 4) is 0 Å². The Bertz CT molecular complexity index is 380. The Morgan fingerprint density at radius 1 is 1.10 bits per heavy atom. The van der Waals surface area contributed by atoms with E-state index >= 15 is 0 Å². The summed E-state index contributed by atoms with van der Waals surface area (Å²) in [6, 6.07) is 0. The zero-order valence-electron chi connectivity index (χ0n) is 11.2. The van der Waals surface area contributed by atoms with Gasteiger partial charge in [-0.3, -0.25) is 9.05 Å². The van der Waals surface area contributed by atoms with Gasteiger partial charge in [0.2, 0.25) is 0 Å². The lowest BCUT2D eigenvalue weighted by Crippen LogP contribution is -2.51. The maximum atomic E-state index is 13.7. The minimum Gasteiger partial charge on any atom is -0.302 e. The number of hydrogen-bond donors (Lipinski definition) is 1. The molecule has 4 nitrogen and oxygen atoms in total. The van der Waals surface area contributed by atoms with Crippen LogP contribution in [0.1, 0.15) is 38.5 Å². The number of hydrogen-bond acceptors (Lipinski definition) is 3. The van der Waals surface area contributed by atoms with Gasteiger partial charge in [0, 0.05) is 0 Å². The molecule has 1 fully saturated rings. The number of halogens is 5. The summed E-state index contributed by atoms with van der Waals surface area (Å²) in [5.74, 6) is -9.88. The molecule has 0 aliphatic carbocycles. The summed E-state index contributed by atoms with van der Waals surface area (Å²) in [6.07, 6.45) is -0.864. The summed E-state index contributed by atoms with van der Waals surface area (Å²) >= 11 is 0. The van der Waals surface area contributed by atoms with Crippen molar-refractivity contribution in [2.24, 2.45) is 0 Å². The third kappa shape index (κ3) is 5.16. The van der Waals surface area contributed by atoms with Crippen molar-refractivity contribution in [3.63, 3.8) is 0 Å². The van der Waals surface area contributed by atoms with Crippen LogP contribution in [-0.4, -0.2) is 36.1 Å². The standard InChI is InChI=1S/C11H18F5O4P/c12-8-10(13,14)11(15,16)9-6-4-2-1-3-5-7-19-21(17,18)20-9/h9H,1-8H2,(H,17,18). The molecule has 2 atom stereocenters. The first-order valence-electron chi connectivity index (χ1n) is 6.60. The second-order valence-corrected chi connectivity index (χ2v) is 6.32. The van der Waals surface area contributed by atoms with Crippen molar-refractivity contribution in [1.82, 2.24) is 0 Å². The first-order chi connectivity index (χ1) is 9.62. The number of phosphoric ester groups is 1. The van der Waals surface area contributed by atoms with Gasteiger partial charge < -0.3 is 4.89 Å². The van der Waals surface area contributed by atoms with Gasteiger partial charge in [0.15, 0.2) is 6.67 Å². The smallest absolute Gasteiger partial charge is 0.302 e. The number of alkyl halides is 5. The largest absolute Gasteiger partial charge is 0.472 e. The lowest BCUT2D eigenvalue weighted by atomic mass is 10.00. The van der Waals surface area contributed by atoms with Crippen LogP contribution in [0, 0.1) is 0 Å². The maximum absolute atomic E-state index is 13.7. The molecule has 1 rings (SSSR count). The highest BCUT2D eigenvalue weighted by Gasteiger charge is 2.62. The second-order valence-electron chi connectivity index (χ2n) is 4.91. The average Bonchev–Trinajstić information content (AvgIpc) is 2.42. The van der Waals surface area contributed by atoms with E-state index in [1.54, 1.807) is 0 Å². The van der Waals surface area contributed by atoms with Crippen LogP contribution >= 0.6 is 7.82 Å². The van der Waals surface area contributed by atoms with Gasteiger partial charge in [-0.05, 0) is 12.8 Å². The Labute approximate surface area is 119 Å². The van der Waals surface area contributed by atoms with Gasteiger partial charge in [-0.25, -0.2) is 8.96 Å². The van der Waals surface area contributed by atoms with Crippen LogP contribution in [0.5, 0.6) is 0 Å². The first-order valence-corrected chi connectivity index (χ1v) is 8.09. The minimum atomic E-state index is -4.97. The summed E-state index contributed by atoms with van der Waals surface area (Å²) in [4.78, 5) is 9.30. The van der Waals surface area contributed by atoms with E-state index in [2.05, 4.69) is 9.05 Å². The molecule has 0 saturated carbocycles. The van der Waals surface area contributed by atoms with Crippen LogP contribution in [0.3, 0.4) is 0 Å². The van der Waals surface area contributed by atoms with Crippen molar-refractivity contribution in [2.45, 2.75) is 56.5 Å². The molecule has 0 aromatic heterocycles. The van der Waals surface area contributed by atoms with E-state index < -0.39 is 38.9 Å². The molecule has 10 heteroatoms. The van der Waals surface area contributed by atoms with Crippen molar-refractivity contribution < 1.29 is 40.5 Å². The van der Waals surface area contributed by atoms with Gasteiger partial charge in [0.25, 0.3) is 0 Å². The van der Waals surface area contributed by atoms with E-state index in [0.717, 1.165) is 0 Å². The topological polar surface area (TPSA) is 55.8 Å². The molecule has 0 aromatic rings. The van der Waals surface area contributed by atoms with Crippen LogP contribution < -0.4 is 0 Å². The molecule has 1 N–H and O–H groups in total. The van der Waals surface area contributed by atoms with E-state index in [9.17, 15) is 31.4 Å². The van der Waals surface area contributed by atoms with E-state index in [0.29, 0.717) is 25.7 Å². The van der Waals surface area contributed by atoms with Gasteiger partial charge in [0.1, 0.15) is 6.10 Å². The van der Waals surface area contributed by atoms with Crippen LogP contribution in [0.2, 0.25) is 0 Å². The lowest BCUT2D eigenvalue weighted by Gasteiger charge is -2.32. The molecule has 0 amide bonds. The fourth-order valence-electron chi connectivity index (χ4n) is 1.96. The van der Waals surface area contributed by atoms with E-state index in [-0.39, 0.29) is 13.0 Å². The van der Waals surface area contributed by atoms with Crippen molar-refractivity contribution in [2.75, 3.05) is 13.3 Å². The highest BCUT2D eigenvalue weighted by atomic mass is 31.2. The monoisotopic (exact) mass is 340 g/mol. The first kappa shape index (κ1) is 18.8. The quantitative estimate of drug-likeness (QED) is 0.621. The van der Waals surface area contributed by atoms with Crippen LogP contribution in [-0.2, 0) is 13.6 Å². The van der Waals surface area contributed by atoms with Crippen LogP contribution in [0.25, 0.3) is 0 Å². The summed E-state index contributed by atoms with van der Waals surface area (Å²) in [7, 11) is -4.89. The Hall–Kier alpha value is -0.240. The molecule has 1 saturated heterocycles. The van der Waals surface area contributed by atoms with Gasteiger partial charge >= 0.3 is 19.7 Å². The van der Waals surface area contributed by atoms with E-state index in [1.165, 1.54) is 0 Å². The van der Waals surface area contributed by atoms with Crippen molar-refractivity contribution in [3.05, 3.63) is 0 Å². The van der Waals surface area contributed by atoms with Crippen molar-refractivity contribution in [1.29, 1.82) is 0 Å². The van der Waals surface area contributed by atoms with Gasteiger partial charge in [-0.15, -0.1) is 0 Å². The zero-order valence-corrected chi connectivity index (χ0v) is 12.1. The molecule has 0 radical (unpaired) electrons. The lowest BCUT2D eigenvalue weighted by molar-refractivity contribution is -0.255. The fraction of sp³-hybridized carbons (Fsp3) is 1.00. The molecule has 0 bridgehead atoms. The molecule has 0 spiro atoms. The zero-order chi connectivity index (χ0) is 16.1. The molecule has 21 heavy (non-hydrogen) atoms. The van der Waals surface area contributed by atoms with Gasteiger partial charge in [0.05, 0.1) is 6.61 Å². The Balaban J connectivity index is 2.94. The molecule has 126 valence electrons. The Morgan fingerprint density at radius 3 is 2.29 bits per heavy atom. The maximum Gasteiger partial charge on any atom is 0.472 e. The average molecular weight is 340 g/mol.